The van der Waals surface area contributed by atoms with Crippen molar-refractivity contribution in [2.75, 3.05) is 7.05 Å². The van der Waals surface area contributed by atoms with Crippen LogP contribution in [0.4, 0.5) is 0 Å². The molecule has 0 spiro atoms. The summed E-state index contributed by atoms with van der Waals surface area (Å²) >= 11 is 0. The van der Waals surface area contributed by atoms with Crippen LogP contribution < -0.4 is 0 Å². The summed E-state index contributed by atoms with van der Waals surface area (Å²) in [6, 6.07) is 0.391. The SMILES string of the molecule is Cc1noc(CN(C)Cc2cnn(C(C)C)c2)n1. The Kier molecular flexibility index (Phi) is 3.76. The Balaban J connectivity index is 1.92. The molecule has 18 heavy (non-hydrogen) atoms. The molecule has 0 saturated heterocycles. The lowest BCUT2D eigenvalue weighted by Gasteiger charge is -2.12. The second-order valence-corrected chi connectivity index (χ2v) is 4.83. The molecule has 98 valence electrons. The van der Waals surface area contributed by atoms with Gasteiger partial charge in [0, 0.05) is 24.3 Å². The largest absolute Gasteiger partial charge is 0.338 e. The molecular formula is C12H19N5O. The van der Waals surface area contributed by atoms with E-state index in [-0.39, 0.29) is 0 Å². The highest BCUT2D eigenvalue weighted by molar-refractivity contribution is 5.04. The first kappa shape index (κ1) is 12.8. The van der Waals surface area contributed by atoms with E-state index in [1.165, 1.54) is 5.56 Å². The summed E-state index contributed by atoms with van der Waals surface area (Å²) in [6.45, 7) is 7.50. The number of hydrogen-bond acceptors (Lipinski definition) is 5. The Hall–Kier alpha value is -1.69. The first-order valence-electron chi connectivity index (χ1n) is 6.05. The Morgan fingerprint density at radius 3 is 2.72 bits per heavy atom. The van der Waals surface area contributed by atoms with Crippen molar-refractivity contribution in [3.8, 4) is 0 Å². The molecule has 2 aromatic rings. The van der Waals surface area contributed by atoms with E-state index < -0.39 is 0 Å². The number of hydrogen-bond donors (Lipinski definition) is 0. The van der Waals surface area contributed by atoms with Gasteiger partial charge in [-0.25, -0.2) is 0 Å². The molecule has 0 atom stereocenters. The minimum Gasteiger partial charge on any atom is -0.338 e. The topological polar surface area (TPSA) is 60.0 Å². The average molecular weight is 249 g/mol. The van der Waals surface area contributed by atoms with Gasteiger partial charge in [0.15, 0.2) is 5.82 Å². The van der Waals surface area contributed by atoms with Crippen LogP contribution in [0.1, 0.15) is 37.2 Å². The van der Waals surface area contributed by atoms with Crippen LogP contribution in [0, 0.1) is 6.92 Å². The van der Waals surface area contributed by atoms with Crippen molar-refractivity contribution in [1.82, 2.24) is 24.8 Å². The minimum atomic E-state index is 0.391. The molecule has 2 aromatic heterocycles. The maximum atomic E-state index is 5.09. The summed E-state index contributed by atoms with van der Waals surface area (Å²) in [7, 11) is 2.02. The maximum absolute atomic E-state index is 5.09. The van der Waals surface area contributed by atoms with Crippen molar-refractivity contribution in [2.45, 2.75) is 39.9 Å². The van der Waals surface area contributed by atoms with Gasteiger partial charge in [0.2, 0.25) is 5.89 Å². The highest BCUT2D eigenvalue weighted by Crippen LogP contribution is 2.09. The van der Waals surface area contributed by atoms with Gasteiger partial charge >= 0.3 is 0 Å². The molecule has 6 nitrogen and oxygen atoms in total. The number of aromatic nitrogens is 4. The summed E-state index contributed by atoms with van der Waals surface area (Å²) in [5, 5.41) is 8.09. The van der Waals surface area contributed by atoms with Crippen LogP contribution in [0.2, 0.25) is 0 Å². The van der Waals surface area contributed by atoms with Gasteiger partial charge in [0.05, 0.1) is 12.7 Å². The van der Waals surface area contributed by atoms with E-state index >= 15 is 0 Å². The molecule has 0 unspecified atom stereocenters. The molecule has 6 heteroatoms. The van der Waals surface area contributed by atoms with Crippen molar-refractivity contribution in [1.29, 1.82) is 0 Å². The van der Waals surface area contributed by atoms with Gasteiger partial charge in [-0.15, -0.1) is 0 Å². The zero-order chi connectivity index (χ0) is 13.1. The molecule has 0 bridgehead atoms. The lowest BCUT2D eigenvalue weighted by molar-refractivity contribution is 0.260. The predicted molar refractivity (Wildman–Crippen MR) is 66.8 cm³/mol. The van der Waals surface area contributed by atoms with Gasteiger partial charge in [-0.2, -0.15) is 10.1 Å². The molecule has 2 rings (SSSR count). The van der Waals surface area contributed by atoms with Gasteiger partial charge in [0.25, 0.3) is 0 Å². The van der Waals surface area contributed by atoms with Crippen LogP contribution in [0.15, 0.2) is 16.9 Å². The number of rotatable bonds is 5. The van der Waals surface area contributed by atoms with E-state index in [0.717, 1.165) is 6.54 Å². The van der Waals surface area contributed by atoms with Gasteiger partial charge in [-0.1, -0.05) is 5.16 Å². The summed E-state index contributed by atoms with van der Waals surface area (Å²) < 4.78 is 7.05. The summed E-state index contributed by atoms with van der Waals surface area (Å²) in [6.07, 6.45) is 3.97. The predicted octanol–water partition coefficient (Wildman–Crippen LogP) is 1.79. The highest BCUT2D eigenvalue weighted by atomic mass is 16.5. The summed E-state index contributed by atoms with van der Waals surface area (Å²) in [4.78, 5) is 6.31. The standard InChI is InChI=1S/C12H19N5O/c1-9(2)17-7-11(5-13-17)6-16(4)8-12-14-10(3)15-18-12/h5,7,9H,6,8H2,1-4H3. The quantitative estimate of drug-likeness (QED) is 0.808. The van der Waals surface area contributed by atoms with E-state index in [1.54, 1.807) is 0 Å². The van der Waals surface area contributed by atoms with Crippen molar-refractivity contribution in [3.05, 3.63) is 29.7 Å². The van der Waals surface area contributed by atoms with Crippen LogP contribution in [0.25, 0.3) is 0 Å². The smallest absolute Gasteiger partial charge is 0.240 e. The molecule has 0 radical (unpaired) electrons. The molecule has 2 heterocycles. The zero-order valence-electron chi connectivity index (χ0n) is 11.3. The Morgan fingerprint density at radius 2 is 2.17 bits per heavy atom. The normalized spacial score (nSPS) is 11.7. The van der Waals surface area contributed by atoms with E-state index in [9.17, 15) is 0 Å². The minimum absolute atomic E-state index is 0.391. The Labute approximate surface area is 107 Å². The molecule has 0 saturated carbocycles. The Bertz CT molecular complexity index is 502. The third-order valence-corrected chi connectivity index (χ3v) is 2.61. The fourth-order valence-electron chi connectivity index (χ4n) is 1.74. The Morgan fingerprint density at radius 1 is 1.39 bits per heavy atom. The monoisotopic (exact) mass is 249 g/mol. The van der Waals surface area contributed by atoms with Crippen LogP contribution in [-0.4, -0.2) is 31.9 Å². The van der Waals surface area contributed by atoms with E-state index in [2.05, 4.69) is 40.2 Å². The molecular weight excluding hydrogens is 230 g/mol. The second-order valence-electron chi connectivity index (χ2n) is 4.83. The number of aryl methyl sites for hydroxylation is 1. The van der Waals surface area contributed by atoms with Crippen LogP contribution >= 0.6 is 0 Å². The first-order valence-corrected chi connectivity index (χ1v) is 6.05. The summed E-state index contributed by atoms with van der Waals surface area (Å²) in [5.74, 6) is 1.32. The van der Waals surface area contributed by atoms with Crippen molar-refractivity contribution >= 4 is 0 Å². The molecule has 0 aromatic carbocycles. The first-order chi connectivity index (χ1) is 8.54. The molecule has 0 N–H and O–H groups in total. The van der Waals surface area contributed by atoms with Gasteiger partial charge in [-0.05, 0) is 27.8 Å². The van der Waals surface area contributed by atoms with Crippen LogP contribution in [-0.2, 0) is 13.1 Å². The molecule has 0 aliphatic rings. The maximum Gasteiger partial charge on any atom is 0.240 e. The van der Waals surface area contributed by atoms with E-state index in [0.29, 0.717) is 24.3 Å². The molecule has 0 aliphatic heterocycles. The zero-order valence-corrected chi connectivity index (χ0v) is 11.3. The van der Waals surface area contributed by atoms with Crippen molar-refractivity contribution in [2.24, 2.45) is 0 Å². The van der Waals surface area contributed by atoms with Crippen molar-refractivity contribution < 1.29 is 4.52 Å². The van der Waals surface area contributed by atoms with E-state index in [4.69, 9.17) is 4.52 Å². The molecule has 0 amide bonds. The van der Waals surface area contributed by atoms with Crippen LogP contribution in [0.5, 0.6) is 0 Å². The average Bonchev–Trinajstić information content (AvgIpc) is 2.88. The van der Waals surface area contributed by atoms with Gasteiger partial charge in [0.1, 0.15) is 0 Å². The third kappa shape index (κ3) is 3.16. The summed E-state index contributed by atoms with van der Waals surface area (Å²) in [5.41, 5.74) is 1.18. The third-order valence-electron chi connectivity index (χ3n) is 2.61. The second kappa shape index (κ2) is 5.30. The molecule has 0 aliphatic carbocycles. The highest BCUT2D eigenvalue weighted by Gasteiger charge is 2.09. The van der Waals surface area contributed by atoms with Crippen LogP contribution in [0.3, 0.4) is 0 Å². The molecule has 0 fully saturated rings. The fraction of sp³-hybridized carbons (Fsp3) is 0.583. The van der Waals surface area contributed by atoms with E-state index in [1.807, 2.05) is 24.9 Å². The van der Waals surface area contributed by atoms with Crippen molar-refractivity contribution in [3.63, 3.8) is 0 Å². The lowest BCUT2D eigenvalue weighted by Crippen LogP contribution is -2.17. The lowest BCUT2D eigenvalue weighted by atomic mass is 10.3. The van der Waals surface area contributed by atoms with Gasteiger partial charge in [-0.3, -0.25) is 9.58 Å². The number of nitrogens with zero attached hydrogens (tertiary/aromatic N) is 5. The fourth-order valence-corrected chi connectivity index (χ4v) is 1.74. The van der Waals surface area contributed by atoms with Gasteiger partial charge < -0.3 is 4.52 Å².